The largest absolute Gasteiger partial charge is 0.348 e. The molecule has 1 N–H and O–H groups in total. The molecule has 1 aromatic carbocycles. The molecule has 0 spiro atoms. The number of amides is 1. The van der Waals surface area contributed by atoms with Crippen molar-refractivity contribution in [3.63, 3.8) is 0 Å². The van der Waals surface area contributed by atoms with Crippen LogP contribution in [0.15, 0.2) is 36.7 Å². The zero-order chi connectivity index (χ0) is 17.4. The molecule has 0 saturated heterocycles. The summed E-state index contributed by atoms with van der Waals surface area (Å²) in [6.07, 6.45) is 6.72. The maximum Gasteiger partial charge on any atom is 0.257 e. The third-order valence-corrected chi connectivity index (χ3v) is 4.94. The topological polar surface area (TPSA) is 59.3 Å². The van der Waals surface area contributed by atoms with Gasteiger partial charge < -0.3 is 5.32 Å². The highest BCUT2D eigenvalue weighted by Crippen LogP contribution is 2.25. The van der Waals surface area contributed by atoms with Gasteiger partial charge in [-0.2, -0.15) is 5.10 Å². The van der Waals surface area contributed by atoms with Crippen LogP contribution in [-0.2, 0) is 19.4 Å². The summed E-state index contributed by atoms with van der Waals surface area (Å²) in [6, 6.07) is 8.14. The van der Waals surface area contributed by atoms with E-state index in [4.69, 9.17) is 0 Å². The smallest absolute Gasteiger partial charge is 0.257 e. The fraction of sp³-hybridized carbons (Fsp3) is 0.350. The first kappa shape index (κ1) is 15.8. The van der Waals surface area contributed by atoms with E-state index in [1.54, 1.807) is 6.20 Å². The zero-order valence-corrected chi connectivity index (χ0v) is 14.6. The molecule has 25 heavy (non-hydrogen) atoms. The van der Waals surface area contributed by atoms with Crippen LogP contribution in [0.5, 0.6) is 0 Å². The van der Waals surface area contributed by atoms with Crippen molar-refractivity contribution in [2.75, 3.05) is 0 Å². The number of nitrogens with zero attached hydrogens (tertiary/aromatic N) is 3. The Morgan fingerprint density at radius 3 is 3.08 bits per heavy atom. The quantitative estimate of drug-likeness (QED) is 0.801. The Hall–Kier alpha value is -2.69. The second-order valence-electron chi connectivity index (χ2n) is 7.04. The number of aromatic nitrogens is 3. The van der Waals surface area contributed by atoms with Crippen molar-refractivity contribution in [3.8, 4) is 0 Å². The molecule has 0 saturated carbocycles. The lowest BCUT2D eigenvalue weighted by molar-refractivity contribution is 0.0952. The van der Waals surface area contributed by atoms with E-state index in [9.17, 15) is 4.79 Å². The number of benzene rings is 1. The first-order valence-corrected chi connectivity index (χ1v) is 8.80. The Morgan fingerprint density at radius 2 is 2.24 bits per heavy atom. The third-order valence-electron chi connectivity index (χ3n) is 4.94. The van der Waals surface area contributed by atoms with Gasteiger partial charge in [0.2, 0.25) is 0 Å². The van der Waals surface area contributed by atoms with Crippen LogP contribution in [0.1, 0.15) is 46.1 Å². The maximum atomic E-state index is 12.6. The SMILES string of the molecule is Cc1cccc(CNC(=O)c2cnn3c4c(cnc23)C[C@H](C)CC4)c1. The van der Waals surface area contributed by atoms with Gasteiger partial charge in [-0.25, -0.2) is 9.50 Å². The van der Waals surface area contributed by atoms with Gasteiger partial charge in [-0.15, -0.1) is 0 Å². The minimum Gasteiger partial charge on any atom is -0.348 e. The fourth-order valence-corrected chi connectivity index (χ4v) is 3.57. The van der Waals surface area contributed by atoms with Gasteiger partial charge in [0.25, 0.3) is 5.91 Å². The van der Waals surface area contributed by atoms with E-state index in [-0.39, 0.29) is 5.91 Å². The molecule has 2 aromatic heterocycles. The summed E-state index contributed by atoms with van der Waals surface area (Å²) >= 11 is 0. The van der Waals surface area contributed by atoms with Gasteiger partial charge in [-0.1, -0.05) is 36.8 Å². The van der Waals surface area contributed by atoms with Gasteiger partial charge in [0, 0.05) is 18.4 Å². The minimum atomic E-state index is -0.131. The number of hydrogen-bond donors (Lipinski definition) is 1. The highest BCUT2D eigenvalue weighted by molar-refractivity contribution is 5.99. The van der Waals surface area contributed by atoms with E-state index in [1.165, 1.54) is 16.8 Å². The lowest BCUT2D eigenvalue weighted by Crippen LogP contribution is -2.23. The van der Waals surface area contributed by atoms with Crippen LogP contribution in [0.25, 0.3) is 5.65 Å². The Kier molecular flexibility index (Phi) is 3.99. The van der Waals surface area contributed by atoms with E-state index in [2.05, 4.69) is 28.4 Å². The molecule has 1 amide bonds. The molecule has 128 valence electrons. The van der Waals surface area contributed by atoms with E-state index < -0.39 is 0 Å². The third kappa shape index (κ3) is 3.02. The molecule has 2 heterocycles. The van der Waals surface area contributed by atoms with Gasteiger partial charge in [0.15, 0.2) is 5.65 Å². The minimum absolute atomic E-state index is 0.131. The maximum absolute atomic E-state index is 12.6. The molecular formula is C20H22N4O. The molecule has 0 radical (unpaired) electrons. The first-order valence-electron chi connectivity index (χ1n) is 8.80. The van der Waals surface area contributed by atoms with Crippen LogP contribution in [0.2, 0.25) is 0 Å². The summed E-state index contributed by atoms with van der Waals surface area (Å²) < 4.78 is 1.85. The number of nitrogens with one attached hydrogen (secondary N) is 1. The average molecular weight is 334 g/mol. The highest BCUT2D eigenvalue weighted by Gasteiger charge is 2.21. The highest BCUT2D eigenvalue weighted by atomic mass is 16.1. The van der Waals surface area contributed by atoms with E-state index in [1.807, 2.05) is 35.8 Å². The lowest BCUT2D eigenvalue weighted by Gasteiger charge is -2.21. The number of carbonyl (C=O) groups is 1. The summed E-state index contributed by atoms with van der Waals surface area (Å²) in [7, 11) is 0. The van der Waals surface area contributed by atoms with Crippen LogP contribution >= 0.6 is 0 Å². The van der Waals surface area contributed by atoms with E-state index in [0.717, 1.165) is 24.8 Å². The van der Waals surface area contributed by atoms with Gasteiger partial charge in [-0.3, -0.25) is 4.79 Å². The van der Waals surface area contributed by atoms with E-state index in [0.29, 0.717) is 23.7 Å². The Bertz CT molecular complexity index is 944. The van der Waals surface area contributed by atoms with Gasteiger partial charge in [-0.05, 0) is 43.2 Å². The Labute approximate surface area is 147 Å². The van der Waals surface area contributed by atoms with Crippen LogP contribution < -0.4 is 5.32 Å². The molecular weight excluding hydrogens is 312 g/mol. The van der Waals surface area contributed by atoms with E-state index >= 15 is 0 Å². The van der Waals surface area contributed by atoms with Crippen molar-refractivity contribution in [2.45, 2.75) is 39.7 Å². The molecule has 5 nitrogen and oxygen atoms in total. The summed E-state index contributed by atoms with van der Waals surface area (Å²) in [6.45, 7) is 4.81. The summed E-state index contributed by atoms with van der Waals surface area (Å²) in [5.41, 5.74) is 5.90. The standard InChI is InChI=1S/C20H22N4O/c1-13-4-3-5-15(8-13)10-22-20(25)17-12-23-24-18-7-6-14(2)9-16(18)11-21-19(17)24/h3-5,8,11-12,14H,6-7,9-10H2,1-2H3,(H,22,25)/t14-/m1/s1. The van der Waals surface area contributed by atoms with Gasteiger partial charge in [0.1, 0.15) is 5.56 Å². The monoisotopic (exact) mass is 334 g/mol. The summed E-state index contributed by atoms with van der Waals surface area (Å²) in [5.74, 6) is 0.549. The number of aryl methyl sites for hydroxylation is 2. The van der Waals surface area contributed by atoms with Crippen LogP contribution in [0.3, 0.4) is 0 Å². The number of fused-ring (bicyclic) bond motifs is 3. The number of rotatable bonds is 3. The molecule has 0 aliphatic heterocycles. The normalized spacial score (nSPS) is 16.6. The van der Waals surface area contributed by atoms with Crippen molar-refractivity contribution >= 4 is 11.6 Å². The summed E-state index contributed by atoms with van der Waals surface area (Å²) in [5, 5.41) is 7.42. The number of carbonyl (C=O) groups excluding carboxylic acids is 1. The van der Waals surface area contributed by atoms with Crippen molar-refractivity contribution in [1.82, 2.24) is 19.9 Å². The van der Waals surface area contributed by atoms with Crippen molar-refractivity contribution in [1.29, 1.82) is 0 Å². The van der Waals surface area contributed by atoms with Crippen molar-refractivity contribution < 1.29 is 4.79 Å². The molecule has 1 aliphatic rings. The molecule has 0 fully saturated rings. The van der Waals surface area contributed by atoms with Crippen LogP contribution in [-0.4, -0.2) is 20.5 Å². The van der Waals surface area contributed by atoms with Gasteiger partial charge >= 0.3 is 0 Å². The van der Waals surface area contributed by atoms with Crippen LogP contribution in [0, 0.1) is 12.8 Å². The van der Waals surface area contributed by atoms with Gasteiger partial charge in [0.05, 0.1) is 6.20 Å². The fourth-order valence-electron chi connectivity index (χ4n) is 3.57. The molecule has 1 aliphatic carbocycles. The molecule has 0 unspecified atom stereocenters. The van der Waals surface area contributed by atoms with Crippen molar-refractivity contribution in [2.24, 2.45) is 5.92 Å². The second-order valence-corrected chi connectivity index (χ2v) is 7.04. The molecule has 1 atom stereocenters. The van der Waals surface area contributed by atoms with Crippen molar-refractivity contribution in [3.05, 3.63) is 64.6 Å². The predicted molar refractivity (Wildman–Crippen MR) is 96.5 cm³/mol. The number of hydrogen-bond acceptors (Lipinski definition) is 3. The molecule has 5 heteroatoms. The zero-order valence-electron chi connectivity index (χ0n) is 14.6. The molecule has 4 rings (SSSR count). The Morgan fingerprint density at radius 1 is 1.36 bits per heavy atom. The first-order chi connectivity index (χ1) is 12.1. The summed E-state index contributed by atoms with van der Waals surface area (Å²) in [4.78, 5) is 17.1. The lowest BCUT2D eigenvalue weighted by atomic mass is 9.89. The predicted octanol–water partition coefficient (Wildman–Crippen LogP) is 3.09. The van der Waals surface area contributed by atoms with Crippen LogP contribution in [0.4, 0.5) is 0 Å². The Balaban J connectivity index is 1.58. The molecule has 0 bridgehead atoms. The molecule has 3 aromatic rings. The average Bonchev–Trinajstić information content (AvgIpc) is 3.04. The second kappa shape index (κ2) is 6.31.